The van der Waals surface area contributed by atoms with Crippen molar-refractivity contribution in [3.63, 3.8) is 0 Å². The van der Waals surface area contributed by atoms with Crippen LogP contribution in [0.4, 0.5) is 4.79 Å². The Hall–Kier alpha value is -2.77. The van der Waals surface area contributed by atoms with Crippen molar-refractivity contribution in [2.45, 2.75) is 18.8 Å². The predicted molar refractivity (Wildman–Crippen MR) is 71.2 cm³/mol. The van der Waals surface area contributed by atoms with E-state index in [9.17, 15) is 14.7 Å². The summed E-state index contributed by atoms with van der Waals surface area (Å²) in [7, 11) is 0. The molecule has 2 unspecified atom stereocenters. The molecule has 9 nitrogen and oxygen atoms in total. The summed E-state index contributed by atoms with van der Waals surface area (Å²) in [5.74, 6) is -1.47. The molecule has 1 amide bonds. The Balaban J connectivity index is 2.52. The first-order valence-electron chi connectivity index (χ1n) is 5.93. The van der Waals surface area contributed by atoms with Crippen LogP contribution in [0.3, 0.4) is 0 Å². The molecule has 0 saturated heterocycles. The number of nitrogens with zero attached hydrogens (tertiary/aromatic N) is 3. The van der Waals surface area contributed by atoms with Crippen LogP contribution in [-0.2, 0) is 16.1 Å². The first-order valence-corrected chi connectivity index (χ1v) is 5.93. The fourth-order valence-corrected chi connectivity index (χ4v) is 1.44. The van der Waals surface area contributed by atoms with Gasteiger partial charge in [-0.05, 0) is 11.1 Å². The molecule has 1 aromatic rings. The van der Waals surface area contributed by atoms with Crippen LogP contribution in [0.15, 0.2) is 35.4 Å². The molecule has 112 valence electrons. The number of hydrogen-bond acceptors (Lipinski definition) is 5. The lowest BCUT2D eigenvalue weighted by molar-refractivity contribution is -0.142. The van der Waals surface area contributed by atoms with Gasteiger partial charge in [-0.3, -0.25) is 0 Å². The summed E-state index contributed by atoms with van der Waals surface area (Å²) < 4.78 is 4.84. The van der Waals surface area contributed by atoms with E-state index in [0.29, 0.717) is 0 Å². The van der Waals surface area contributed by atoms with Crippen LogP contribution in [-0.4, -0.2) is 41.0 Å². The van der Waals surface area contributed by atoms with Crippen molar-refractivity contribution in [1.82, 2.24) is 5.32 Å². The van der Waals surface area contributed by atoms with E-state index in [-0.39, 0.29) is 6.61 Å². The van der Waals surface area contributed by atoms with E-state index in [0.717, 1.165) is 5.56 Å². The lowest BCUT2D eigenvalue weighted by atomic mass is 10.1. The van der Waals surface area contributed by atoms with E-state index in [1.54, 1.807) is 30.3 Å². The van der Waals surface area contributed by atoms with E-state index in [4.69, 9.17) is 15.4 Å². The molecule has 1 aromatic carbocycles. The van der Waals surface area contributed by atoms with Crippen LogP contribution in [0.25, 0.3) is 10.4 Å². The van der Waals surface area contributed by atoms with Crippen LogP contribution in [0, 0.1) is 0 Å². The van der Waals surface area contributed by atoms with E-state index >= 15 is 0 Å². The number of carboxylic acids is 1. The van der Waals surface area contributed by atoms with Crippen molar-refractivity contribution in [3.8, 4) is 0 Å². The van der Waals surface area contributed by atoms with Crippen molar-refractivity contribution in [1.29, 1.82) is 0 Å². The predicted octanol–water partition coefficient (Wildman–Crippen LogP) is 1.04. The molecule has 9 heteroatoms. The summed E-state index contributed by atoms with van der Waals surface area (Å²) in [4.78, 5) is 24.8. The molecule has 0 saturated carbocycles. The van der Waals surface area contributed by atoms with Crippen LogP contribution < -0.4 is 5.32 Å². The van der Waals surface area contributed by atoms with E-state index in [2.05, 4.69) is 10.0 Å². The number of rotatable bonds is 7. The zero-order chi connectivity index (χ0) is 15.7. The third-order valence-electron chi connectivity index (χ3n) is 2.47. The number of carboxylic acid groups (broad SMARTS) is 1. The monoisotopic (exact) mass is 294 g/mol. The lowest BCUT2D eigenvalue weighted by Gasteiger charge is -2.18. The number of azide groups is 1. The minimum Gasteiger partial charge on any atom is -0.480 e. The Morgan fingerprint density at radius 2 is 2.05 bits per heavy atom. The smallest absolute Gasteiger partial charge is 0.408 e. The highest BCUT2D eigenvalue weighted by atomic mass is 16.5. The van der Waals surface area contributed by atoms with Crippen molar-refractivity contribution in [2.24, 2.45) is 5.11 Å². The third-order valence-corrected chi connectivity index (χ3v) is 2.47. The normalized spacial score (nSPS) is 12.6. The first kappa shape index (κ1) is 16.3. The summed E-state index contributed by atoms with van der Waals surface area (Å²) in [6, 6.07) is 7.17. The minimum atomic E-state index is -1.63. The number of aliphatic hydroxyl groups excluding tert-OH is 1. The van der Waals surface area contributed by atoms with Gasteiger partial charge < -0.3 is 20.3 Å². The topological polar surface area (TPSA) is 145 Å². The van der Waals surface area contributed by atoms with E-state index in [1.807, 2.05) is 5.32 Å². The van der Waals surface area contributed by atoms with Crippen LogP contribution in [0.1, 0.15) is 5.56 Å². The number of ether oxygens (including phenoxy) is 1. The summed E-state index contributed by atoms with van der Waals surface area (Å²) >= 11 is 0. The highest BCUT2D eigenvalue weighted by Gasteiger charge is 2.28. The number of carbonyl (C=O) groups is 2. The maximum absolute atomic E-state index is 11.5. The molecule has 0 heterocycles. The van der Waals surface area contributed by atoms with Crippen molar-refractivity contribution in [2.75, 3.05) is 6.54 Å². The molecule has 0 bridgehead atoms. The summed E-state index contributed by atoms with van der Waals surface area (Å²) in [6.07, 6.45) is -2.55. The molecule has 0 spiro atoms. The van der Waals surface area contributed by atoms with Gasteiger partial charge in [-0.1, -0.05) is 35.4 Å². The van der Waals surface area contributed by atoms with Crippen LogP contribution >= 0.6 is 0 Å². The SMILES string of the molecule is [N-]=[N+]=NCC(O)C(NC(=O)OCc1ccccc1)C(=O)O. The summed E-state index contributed by atoms with van der Waals surface area (Å²) in [5.41, 5.74) is 8.85. The quantitative estimate of drug-likeness (QED) is 0.391. The Labute approximate surface area is 119 Å². The van der Waals surface area contributed by atoms with Crippen molar-refractivity contribution >= 4 is 12.1 Å². The second-order valence-electron chi connectivity index (χ2n) is 4.00. The molecule has 0 aliphatic carbocycles. The Bertz CT molecular complexity index is 530. The maximum Gasteiger partial charge on any atom is 0.408 e. The van der Waals surface area contributed by atoms with Gasteiger partial charge in [0.1, 0.15) is 6.61 Å². The number of carbonyl (C=O) groups excluding carboxylic acids is 1. The molecular formula is C12H14N4O5. The molecule has 0 aliphatic heterocycles. The zero-order valence-electron chi connectivity index (χ0n) is 10.9. The number of amides is 1. The third kappa shape index (κ3) is 5.81. The van der Waals surface area contributed by atoms with Gasteiger partial charge in [0, 0.05) is 4.91 Å². The van der Waals surface area contributed by atoms with Gasteiger partial charge in [0.15, 0.2) is 6.04 Å². The molecule has 0 aliphatic rings. The molecule has 0 fully saturated rings. The number of hydrogen-bond donors (Lipinski definition) is 3. The molecule has 2 atom stereocenters. The number of aliphatic hydroxyl groups is 1. The number of benzene rings is 1. The molecule has 1 rings (SSSR count). The molecule has 21 heavy (non-hydrogen) atoms. The lowest BCUT2D eigenvalue weighted by Crippen LogP contribution is -2.50. The second-order valence-corrected chi connectivity index (χ2v) is 4.00. The molecular weight excluding hydrogens is 280 g/mol. The van der Waals surface area contributed by atoms with Gasteiger partial charge >= 0.3 is 12.1 Å². The zero-order valence-corrected chi connectivity index (χ0v) is 10.9. The van der Waals surface area contributed by atoms with Gasteiger partial charge in [-0.25, -0.2) is 9.59 Å². The van der Waals surface area contributed by atoms with Gasteiger partial charge in [0.2, 0.25) is 0 Å². The molecule has 3 N–H and O–H groups in total. The number of nitrogens with one attached hydrogen (secondary N) is 1. The summed E-state index contributed by atoms with van der Waals surface area (Å²) in [6.45, 7) is -0.516. The standard InChI is InChI=1S/C12H14N4O5/c13-16-14-6-9(17)10(11(18)19)15-12(20)21-7-8-4-2-1-3-5-8/h1-5,9-10,17H,6-7H2,(H,15,20)(H,18,19). The maximum atomic E-state index is 11.5. The van der Waals surface area contributed by atoms with Gasteiger partial charge in [-0.15, -0.1) is 0 Å². The fraction of sp³-hybridized carbons (Fsp3) is 0.333. The van der Waals surface area contributed by atoms with Gasteiger partial charge in [0.25, 0.3) is 0 Å². The largest absolute Gasteiger partial charge is 0.480 e. The first-order chi connectivity index (χ1) is 10.0. The van der Waals surface area contributed by atoms with Crippen molar-refractivity contribution < 1.29 is 24.5 Å². The van der Waals surface area contributed by atoms with Crippen LogP contribution in [0.2, 0.25) is 0 Å². The second kappa shape index (κ2) is 8.41. The summed E-state index contributed by atoms with van der Waals surface area (Å²) in [5, 5.41) is 23.5. The average Bonchev–Trinajstić information content (AvgIpc) is 2.49. The molecule has 0 radical (unpaired) electrons. The molecule has 0 aromatic heterocycles. The Kier molecular flexibility index (Phi) is 6.52. The van der Waals surface area contributed by atoms with Crippen molar-refractivity contribution in [3.05, 3.63) is 46.3 Å². The van der Waals surface area contributed by atoms with E-state index < -0.39 is 30.8 Å². The highest BCUT2D eigenvalue weighted by Crippen LogP contribution is 2.02. The number of alkyl carbamates (subject to hydrolysis) is 1. The number of aliphatic carboxylic acids is 1. The van der Waals surface area contributed by atoms with E-state index in [1.165, 1.54) is 0 Å². The fourth-order valence-electron chi connectivity index (χ4n) is 1.44. The minimum absolute atomic E-state index is 0.0363. The Morgan fingerprint density at radius 3 is 2.62 bits per heavy atom. The van der Waals surface area contributed by atoms with Crippen LogP contribution in [0.5, 0.6) is 0 Å². The van der Waals surface area contributed by atoms with Gasteiger partial charge in [-0.2, -0.15) is 0 Å². The Morgan fingerprint density at radius 1 is 1.38 bits per heavy atom. The van der Waals surface area contributed by atoms with Gasteiger partial charge in [0.05, 0.1) is 12.6 Å². The highest BCUT2D eigenvalue weighted by molar-refractivity contribution is 5.80. The average molecular weight is 294 g/mol.